The number of fused-ring (bicyclic) bond motifs is 2. The zero-order valence-corrected chi connectivity index (χ0v) is 40.2. The minimum absolute atomic E-state index is 0. The molecule has 0 bridgehead atoms. The van der Waals surface area contributed by atoms with Crippen molar-refractivity contribution in [3.05, 3.63) is 127 Å². The normalized spacial score (nSPS) is 11.9. The summed E-state index contributed by atoms with van der Waals surface area (Å²) in [7, 11) is -15.3. The smallest absolute Gasteiger partial charge is 0.744 e. The van der Waals surface area contributed by atoms with Gasteiger partial charge in [-0.25, -0.2) is 25.3 Å². The van der Waals surface area contributed by atoms with Gasteiger partial charge in [-0.15, -0.1) is 10.2 Å². The van der Waals surface area contributed by atoms with Gasteiger partial charge in [0.05, 0.1) is 26.1 Å². The van der Waals surface area contributed by atoms with Gasteiger partial charge in [0.15, 0.2) is 11.5 Å². The molecule has 7 rings (SSSR count). The van der Waals surface area contributed by atoms with Gasteiger partial charge in [0.25, 0.3) is 0 Å². The molecule has 0 saturated heterocycles. The Kier molecular flexibility index (Phi) is 16.0. The molecular formula is C38H24N5Na3O11S3. The summed E-state index contributed by atoms with van der Waals surface area (Å²) < 4.78 is 107. The van der Waals surface area contributed by atoms with Gasteiger partial charge >= 0.3 is 88.7 Å². The minimum Gasteiger partial charge on any atom is -0.744 e. The number of phenolic OH excluding ortho intramolecular Hbond substituents is 2. The van der Waals surface area contributed by atoms with E-state index in [4.69, 9.17) is 0 Å². The number of azo groups is 2. The van der Waals surface area contributed by atoms with Crippen molar-refractivity contribution >= 4 is 86.0 Å². The molecule has 0 spiro atoms. The zero-order chi connectivity index (χ0) is 40.7. The van der Waals surface area contributed by atoms with Crippen LogP contribution in [-0.2, 0) is 30.4 Å². The van der Waals surface area contributed by atoms with Crippen LogP contribution in [0, 0.1) is 0 Å². The van der Waals surface area contributed by atoms with E-state index >= 15 is 0 Å². The van der Waals surface area contributed by atoms with E-state index in [0.29, 0.717) is 16.8 Å². The molecule has 7 aromatic carbocycles. The predicted octanol–water partition coefficient (Wildman–Crippen LogP) is -0.630. The van der Waals surface area contributed by atoms with E-state index in [9.17, 15) is 49.1 Å². The van der Waals surface area contributed by atoms with E-state index in [0.717, 1.165) is 36.0 Å². The van der Waals surface area contributed by atoms with E-state index in [1.807, 2.05) is 30.3 Å². The molecule has 22 heteroatoms. The van der Waals surface area contributed by atoms with E-state index < -0.39 is 67.9 Å². The Morgan fingerprint density at radius 1 is 0.450 bits per heavy atom. The largest absolute Gasteiger partial charge is 1.00 e. The fourth-order valence-corrected chi connectivity index (χ4v) is 7.63. The van der Waals surface area contributed by atoms with Crippen LogP contribution >= 0.6 is 0 Å². The molecule has 0 aliphatic carbocycles. The van der Waals surface area contributed by atoms with E-state index in [1.165, 1.54) is 12.1 Å². The van der Waals surface area contributed by atoms with Crippen molar-refractivity contribution in [1.29, 1.82) is 0 Å². The first-order chi connectivity index (χ1) is 27.0. The third-order valence-electron chi connectivity index (χ3n) is 8.56. The van der Waals surface area contributed by atoms with E-state index in [2.05, 4.69) is 25.8 Å². The van der Waals surface area contributed by atoms with Crippen LogP contribution in [0.5, 0.6) is 11.5 Å². The molecule has 0 heterocycles. The number of para-hydroxylation sites is 1. The van der Waals surface area contributed by atoms with Crippen molar-refractivity contribution in [3.8, 4) is 22.6 Å². The molecule has 288 valence electrons. The number of nitrogens with zero attached hydrogens (tertiary/aromatic N) is 4. The Morgan fingerprint density at radius 2 is 0.883 bits per heavy atom. The SMILES string of the molecule is O=S(=O)([O-])c1ccc2c(O)c(N=Nc3ccc(-c4ccc(N=Nc5c(S(=O)(=O)[O-])cc6cc(Nc7ccccc7)ccc6c5O)cc4)cc3)c(S(=O)(=O)[O-])cc2c1.[Na+].[Na+].[Na+]. The molecular weight excluding hydrogens is 868 g/mol. The molecule has 3 N–H and O–H groups in total. The Balaban J connectivity index is 0.00000265. The van der Waals surface area contributed by atoms with Crippen molar-refractivity contribution in [3.63, 3.8) is 0 Å². The second kappa shape index (κ2) is 19.6. The van der Waals surface area contributed by atoms with Crippen molar-refractivity contribution in [2.24, 2.45) is 20.5 Å². The topological polar surface area (TPSA) is 274 Å². The van der Waals surface area contributed by atoms with Gasteiger partial charge in [-0.3, -0.25) is 0 Å². The number of rotatable bonds is 10. The van der Waals surface area contributed by atoms with Gasteiger partial charge in [-0.2, -0.15) is 10.2 Å². The first-order valence-corrected chi connectivity index (χ1v) is 20.5. The van der Waals surface area contributed by atoms with Crippen molar-refractivity contribution in [1.82, 2.24) is 0 Å². The molecule has 0 amide bonds. The molecule has 0 unspecified atom stereocenters. The van der Waals surface area contributed by atoms with E-state index in [-0.39, 0.29) is 122 Å². The Hall–Kier alpha value is -3.61. The quantitative estimate of drug-likeness (QED) is 0.0880. The summed E-state index contributed by atoms with van der Waals surface area (Å²) in [6.07, 6.45) is 0. The standard InChI is InChI=1S/C38H27N5O11S3.3Na/c44-37-31-16-14-29(39-26-4-2-1-3-5-26)18-24(31)20-33(56(49,50)51)35(37)42-40-27-10-6-22(7-11-27)23-8-12-28(13-9-23)41-43-36-34(57(52,53)54)21-25-19-30(55(46,47)48)15-17-32(25)38(36)45;;;/h1-21,39,44-45H,(H,46,47,48)(H,49,50,51)(H,52,53,54);;;/q;3*+1/p-3. The maximum Gasteiger partial charge on any atom is 1.00 e. The van der Waals surface area contributed by atoms with Crippen molar-refractivity contribution < 1.29 is 138 Å². The number of hydrogen-bond acceptors (Lipinski definition) is 16. The summed E-state index contributed by atoms with van der Waals surface area (Å²) in [5.41, 5.74) is 1.95. The van der Waals surface area contributed by atoms with Crippen LogP contribution < -0.4 is 94.0 Å². The Bertz CT molecular complexity index is 3140. The average molecular weight is 892 g/mol. The molecule has 7 aromatic rings. The molecule has 0 aliphatic rings. The summed E-state index contributed by atoms with van der Waals surface area (Å²) in [5.74, 6) is -1.32. The maximum absolute atomic E-state index is 12.3. The van der Waals surface area contributed by atoms with Crippen LogP contribution in [0.25, 0.3) is 32.7 Å². The minimum atomic E-state index is -5.26. The molecule has 0 atom stereocenters. The van der Waals surface area contributed by atoms with Crippen LogP contribution in [0.15, 0.2) is 163 Å². The summed E-state index contributed by atoms with van der Waals surface area (Å²) >= 11 is 0. The third-order valence-corrected chi connectivity index (χ3v) is 11.1. The number of aromatic hydroxyl groups is 2. The number of nitrogens with one attached hydrogen (secondary N) is 1. The molecule has 16 nitrogen and oxygen atoms in total. The van der Waals surface area contributed by atoms with Gasteiger partial charge in [-0.05, 0) is 107 Å². The van der Waals surface area contributed by atoms with Crippen LogP contribution in [-0.4, -0.2) is 49.1 Å². The molecule has 0 radical (unpaired) electrons. The van der Waals surface area contributed by atoms with Crippen LogP contribution in [0.4, 0.5) is 34.1 Å². The molecule has 0 aromatic heterocycles. The molecule has 60 heavy (non-hydrogen) atoms. The van der Waals surface area contributed by atoms with Crippen LogP contribution in [0.3, 0.4) is 0 Å². The Labute approximate surface area is 409 Å². The summed E-state index contributed by atoms with van der Waals surface area (Å²) in [6.45, 7) is 0. The fourth-order valence-electron chi connectivity index (χ4n) is 5.83. The van der Waals surface area contributed by atoms with Gasteiger partial charge in [0.2, 0.25) is 0 Å². The average Bonchev–Trinajstić information content (AvgIpc) is 3.16. The van der Waals surface area contributed by atoms with Crippen LogP contribution in [0.2, 0.25) is 0 Å². The van der Waals surface area contributed by atoms with Gasteiger partial charge in [0, 0.05) is 22.1 Å². The molecule has 0 aliphatic heterocycles. The number of phenols is 2. The number of hydrogen-bond donors (Lipinski definition) is 3. The van der Waals surface area contributed by atoms with Crippen molar-refractivity contribution in [2.75, 3.05) is 5.32 Å². The molecule has 0 saturated carbocycles. The first-order valence-electron chi connectivity index (χ1n) is 16.3. The van der Waals surface area contributed by atoms with Gasteiger partial charge in [-0.1, -0.05) is 42.5 Å². The summed E-state index contributed by atoms with van der Waals surface area (Å²) in [4.78, 5) is -2.44. The predicted molar refractivity (Wildman–Crippen MR) is 205 cm³/mol. The third kappa shape index (κ3) is 11.1. The summed E-state index contributed by atoms with van der Waals surface area (Å²) in [6, 6.07) is 31.5. The first kappa shape index (κ1) is 49.0. The monoisotopic (exact) mass is 891 g/mol. The Morgan fingerprint density at radius 3 is 1.32 bits per heavy atom. The second-order valence-corrected chi connectivity index (χ2v) is 16.4. The zero-order valence-electron chi connectivity index (χ0n) is 31.7. The van der Waals surface area contributed by atoms with E-state index in [1.54, 1.807) is 54.6 Å². The van der Waals surface area contributed by atoms with Gasteiger partial charge < -0.3 is 29.2 Å². The molecule has 0 fully saturated rings. The van der Waals surface area contributed by atoms with Crippen molar-refractivity contribution in [2.45, 2.75) is 14.7 Å². The number of benzene rings is 7. The van der Waals surface area contributed by atoms with Gasteiger partial charge in [0.1, 0.15) is 41.7 Å². The fraction of sp³-hybridized carbons (Fsp3) is 0. The number of anilines is 2. The summed E-state index contributed by atoms with van der Waals surface area (Å²) in [5, 5.41) is 41.0. The van der Waals surface area contributed by atoms with Crippen LogP contribution in [0.1, 0.15) is 0 Å². The second-order valence-electron chi connectivity index (χ2n) is 12.3. The maximum atomic E-state index is 12.3.